The zero-order valence-corrected chi connectivity index (χ0v) is 16.2. The summed E-state index contributed by atoms with van der Waals surface area (Å²) in [6, 6.07) is 15.9. The van der Waals surface area contributed by atoms with Crippen molar-refractivity contribution in [3.8, 4) is 6.07 Å². The Hall–Kier alpha value is -3.05. The van der Waals surface area contributed by atoms with Crippen LogP contribution in [0.15, 0.2) is 48.5 Å². The molecule has 2 aromatic carbocycles. The van der Waals surface area contributed by atoms with E-state index in [1.54, 1.807) is 23.9 Å². The number of nitriles is 1. The third-order valence-electron chi connectivity index (χ3n) is 3.95. The number of nitrogens with zero attached hydrogens (tertiary/aromatic N) is 2. The number of carbonyl (C=O) groups is 1. The van der Waals surface area contributed by atoms with Crippen LogP contribution in [0, 0.1) is 21.4 Å². The Morgan fingerprint density at radius 2 is 1.89 bits per heavy atom. The zero-order valence-electron chi connectivity index (χ0n) is 15.4. The van der Waals surface area contributed by atoms with Gasteiger partial charge in [0.05, 0.1) is 16.6 Å². The molecule has 0 fully saturated rings. The minimum absolute atomic E-state index is 0.00326. The van der Waals surface area contributed by atoms with Gasteiger partial charge in [0.15, 0.2) is 0 Å². The summed E-state index contributed by atoms with van der Waals surface area (Å²) in [6.07, 6.45) is 1.09. The maximum atomic E-state index is 11.8. The number of hydrogen-bond donors (Lipinski definition) is 2. The third kappa shape index (κ3) is 7.29. The number of rotatable bonds is 11. The lowest BCUT2D eigenvalue weighted by Crippen LogP contribution is -2.26. The molecule has 0 saturated carbocycles. The molecule has 2 rings (SSSR count). The Bertz CT molecular complexity index is 834. The van der Waals surface area contributed by atoms with Crippen LogP contribution in [0.3, 0.4) is 0 Å². The molecule has 28 heavy (non-hydrogen) atoms. The molecule has 0 heterocycles. The van der Waals surface area contributed by atoms with E-state index in [2.05, 4.69) is 16.7 Å². The first-order valence-electron chi connectivity index (χ1n) is 8.91. The van der Waals surface area contributed by atoms with Gasteiger partial charge >= 0.3 is 0 Å². The molecule has 0 spiro atoms. The molecule has 1 amide bonds. The second-order valence-electron chi connectivity index (χ2n) is 6.01. The summed E-state index contributed by atoms with van der Waals surface area (Å²) in [7, 11) is 0. The first kappa shape index (κ1) is 21.3. The van der Waals surface area contributed by atoms with E-state index in [0.29, 0.717) is 31.5 Å². The van der Waals surface area contributed by atoms with Crippen LogP contribution in [0.1, 0.15) is 24.0 Å². The first-order chi connectivity index (χ1) is 13.6. The predicted octanol–water partition coefficient (Wildman–Crippen LogP) is 3.71. The molecule has 146 valence electrons. The number of carbonyl (C=O) groups excluding carboxylic acids is 1. The number of nitro benzene ring substituents is 1. The topological polar surface area (TPSA) is 108 Å². The summed E-state index contributed by atoms with van der Waals surface area (Å²) in [5.74, 6) is 1.54. The smallest absolute Gasteiger partial charge is 0.269 e. The lowest BCUT2D eigenvalue weighted by atomic mass is 10.1. The van der Waals surface area contributed by atoms with Crippen LogP contribution in [0.4, 0.5) is 11.4 Å². The van der Waals surface area contributed by atoms with E-state index < -0.39 is 4.92 Å². The second-order valence-corrected chi connectivity index (χ2v) is 7.11. The fraction of sp³-hybridized carbons (Fsp3) is 0.300. The molecule has 0 aliphatic rings. The number of hydrogen-bond acceptors (Lipinski definition) is 6. The highest BCUT2D eigenvalue weighted by Gasteiger charge is 2.05. The van der Waals surface area contributed by atoms with Gasteiger partial charge in [-0.25, -0.2) is 0 Å². The van der Waals surface area contributed by atoms with Gasteiger partial charge in [-0.1, -0.05) is 18.2 Å². The average molecular weight is 398 g/mol. The van der Waals surface area contributed by atoms with Gasteiger partial charge in [0.2, 0.25) is 5.91 Å². The lowest BCUT2D eigenvalue weighted by Gasteiger charge is -2.08. The maximum Gasteiger partial charge on any atom is 0.269 e. The molecule has 2 N–H and O–H groups in total. The van der Waals surface area contributed by atoms with E-state index in [4.69, 9.17) is 5.26 Å². The van der Waals surface area contributed by atoms with E-state index in [0.717, 1.165) is 22.8 Å². The van der Waals surface area contributed by atoms with E-state index in [1.807, 2.05) is 24.3 Å². The molecule has 0 radical (unpaired) electrons. The molecule has 0 aliphatic heterocycles. The predicted molar refractivity (Wildman–Crippen MR) is 111 cm³/mol. The van der Waals surface area contributed by atoms with Crippen molar-refractivity contribution in [1.29, 1.82) is 5.26 Å². The molecule has 2 aromatic rings. The number of non-ortho nitro benzene ring substituents is 1. The van der Waals surface area contributed by atoms with E-state index in [-0.39, 0.29) is 11.6 Å². The molecule has 0 aliphatic carbocycles. The van der Waals surface area contributed by atoms with Crippen molar-refractivity contribution in [3.05, 3.63) is 69.8 Å². The molecule has 8 heteroatoms. The Balaban J connectivity index is 1.54. The minimum atomic E-state index is -0.436. The highest BCUT2D eigenvalue weighted by molar-refractivity contribution is 7.98. The van der Waals surface area contributed by atoms with Gasteiger partial charge in [0, 0.05) is 48.8 Å². The van der Waals surface area contributed by atoms with Crippen LogP contribution in [0.2, 0.25) is 0 Å². The molecule has 0 atom stereocenters. The third-order valence-corrected chi connectivity index (χ3v) is 4.96. The summed E-state index contributed by atoms with van der Waals surface area (Å²) in [6.45, 7) is 1.21. The number of nitrogens with one attached hydrogen (secondary N) is 2. The van der Waals surface area contributed by atoms with Gasteiger partial charge in [-0.15, -0.1) is 0 Å². The van der Waals surface area contributed by atoms with Crippen molar-refractivity contribution in [2.24, 2.45) is 0 Å². The van der Waals surface area contributed by atoms with Gasteiger partial charge in [-0.05, 0) is 30.2 Å². The number of thioether (sulfide) groups is 1. The molecule has 0 saturated heterocycles. The molecule has 7 nitrogen and oxygen atoms in total. The van der Waals surface area contributed by atoms with Gasteiger partial charge in [-0.2, -0.15) is 17.0 Å². The molecule has 0 unspecified atom stereocenters. The van der Waals surface area contributed by atoms with Crippen LogP contribution in [-0.2, 0) is 10.5 Å². The van der Waals surface area contributed by atoms with Crippen molar-refractivity contribution in [3.63, 3.8) is 0 Å². The van der Waals surface area contributed by atoms with Crippen molar-refractivity contribution >= 4 is 29.0 Å². The Morgan fingerprint density at radius 3 is 2.61 bits per heavy atom. The number of anilines is 1. The van der Waals surface area contributed by atoms with Crippen LogP contribution in [0.25, 0.3) is 0 Å². The highest BCUT2D eigenvalue weighted by Crippen LogP contribution is 2.16. The van der Waals surface area contributed by atoms with Gasteiger partial charge < -0.3 is 10.6 Å². The SMILES string of the molecule is N#Cc1ccccc1CSCCNC(=O)CCCNc1ccc([N+](=O)[O-])cc1. The number of amides is 1. The first-order valence-corrected chi connectivity index (χ1v) is 10.1. The highest BCUT2D eigenvalue weighted by atomic mass is 32.2. The molecule has 0 bridgehead atoms. The Morgan fingerprint density at radius 1 is 1.14 bits per heavy atom. The Labute approximate surface area is 168 Å². The van der Waals surface area contributed by atoms with Gasteiger partial charge in [0.1, 0.15) is 0 Å². The summed E-state index contributed by atoms with van der Waals surface area (Å²) in [5, 5.41) is 25.7. The summed E-state index contributed by atoms with van der Waals surface area (Å²) >= 11 is 1.68. The summed E-state index contributed by atoms with van der Waals surface area (Å²) in [5.41, 5.74) is 2.55. The van der Waals surface area contributed by atoms with Crippen molar-refractivity contribution in [2.75, 3.05) is 24.2 Å². The minimum Gasteiger partial charge on any atom is -0.385 e. The van der Waals surface area contributed by atoms with Crippen LogP contribution < -0.4 is 10.6 Å². The Kier molecular flexibility index (Phi) is 8.82. The number of benzene rings is 2. The zero-order chi connectivity index (χ0) is 20.2. The summed E-state index contributed by atoms with van der Waals surface area (Å²) < 4.78 is 0. The largest absolute Gasteiger partial charge is 0.385 e. The van der Waals surface area contributed by atoms with Crippen molar-refractivity contribution in [2.45, 2.75) is 18.6 Å². The standard InChI is InChI=1S/C20H22N4O3S/c21-14-16-4-1-2-5-17(16)15-28-13-12-23-20(25)6-3-11-22-18-7-9-19(10-8-18)24(26)27/h1-2,4-5,7-10,22H,3,6,11-13,15H2,(H,23,25). The number of nitro groups is 1. The van der Waals surface area contributed by atoms with Crippen molar-refractivity contribution < 1.29 is 9.72 Å². The van der Waals surface area contributed by atoms with E-state index in [9.17, 15) is 14.9 Å². The van der Waals surface area contributed by atoms with Crippen LogP contribution >= 0.6 is 11.8 Å². The fourth-order valence-electron chi connectivity index (χ4n) is 2.47. The van der Waals surface area contributed by atoms with Gasteiger partial charge in [0.25, 0.3) is 5.69 Å². The molecule has 0 aromatic heterocycles. The second kappa shape index (κ2) is 11.6. The monoisotopic (exact) mass is 398 g/mol. The normalized spacial score (nSPS) is 10.1. The molecular weight excluding hydrogens is 376 g/mol. The van der Waals surface area contributed by atoms with Crippen LogP contribution in [-0.4, -0.2) is 29.7 Å². The maximum absolute atomic E-state index is 11.8. The quantitative estimate of drug-likeness (QED) is 0.339. The average Bonchev–Trinajstić information content (AvgIpc) is 2.71. The summed E-state index contributed by atoms with van der Waals surface area (Å²) in [4.78, 5) is 22.0. The van der Waals surface area contributed by atoms with Gasteiger partial charge in [-0.3, -0.25) is 14.9 Å². The van der Waals surface area contributed by atoms with Crippen LogP contribution in [0.5, 0.6) is 0 Å². The van der Waals surface area contributed by atoms with E-state index in [1.165, 1.54) is 12.1 Å². The van der Waals surface area contributed by atoms with E-state index >= 15 is 0 Å². The van der Waals surface area contributed by atoms with Crippen molar-refractivity contribution in [1.82, 2.24) is 5.32 Å². The molecular formula is C20H22N4O3S. The fourth-order valence-corrected chi connectivity index (χ4v) is 3.33. The lowest BCUT2D eigenvalue weighted by molar-refractivity contribution is -0.384.